The third-order valence-corrected chi connectivity index (χ3v) is 5.25. The Labute approximate surface area is 169 Å². The van der Waals surface area contributed by atoms with Gasteiger partial charge in [-0.05, 0) is 36.4 Å². The number of ether oxygens (including phenoxy) is 1. The van der Waals surface area contributed by atoms with Crippen molar-refractivity contribution in [3.8, 4) is 5.75 Å². The summed E-state index contributed by atoms with van der Waals surface area (Å²) in [5, 5.41) is 2.60. The Morgan fingerprint density at radius 2 is 1.77 bits per heavy atom. The van der Waals surface area contributed by atoms with E-state index in [9.17, 15) is 27.6 Å². The summed E-state index contributed by atoms with van der Waals surface area (Å²) in [6.07, 6.45) is -4.67. The van der Waals surface area contributed by atoms with Crippen molar-refractivity contribution in [2.45, 2.75) is 24.9 Å². The summed E-state index contributed by atoms with van der Waals surface area (Å²) < 4.78 is 40.7. The van der Waals surface area contributed by atoms with Gasteiger partial charge in [0.2, 0.25) is 11.6 Å². The van der Waals surface area contributed by atoms with Gasteiger partial charge in [0.15, 0.2) is 0 Å². The van der Waals surface area contributed by atoms with Crippen LogP contribution in [-0.2, 0) is 9.59 Å². The monoisotopic (exact) mass is 419 g/mol. The molecule has 1 atom stereocenters. The van der Waals surface area contributed by atoms with Crippen LogP contribution in [0.3, 0.4) is 0 Å². The van der Waals surface area contributed by atoms with Gasteiger partial charge in [-0.25, -0.2) is 0 Å². The lowest BCUT2D eigenvalue weighted by Gasteiger charge is -2.47. The third-order valence-electron chi connectivity index (χ3n) is 5.25. The number of rotatable bonds is 3. The first-order chi connectivity index (χ1) is 14.1. The van der Waals surface area contributed by atoms with Crippen molar-refractivity contribution in [1.29, 1.82) is 0 Å². The summed E-state index contributed by atoms with van der Waals surface area (Å²) in [5.74, 6) is -1.77. The number of benzene rings is 2. The van der Waals surface area contributed by atoms with Crippen LogP contribution in [-0.4, -0.2) is 41.7 Å². The average Bonchev–Trinajstić information content (AvgIpc) is 3.05. The topological polar surface area (TPSA) is 79.0 Å². The second kappa shape index (κ2) is 6.75. The molecule has 0 aliphatic carbocycles. The van der Waals surface area contributed by atoms with Gasteiger partial charge in [0.05, 0.1) is 11.3 Å². The molecular weight excluding hydrogens is 403 g/mol. The van der Waals surface area contributed by atoms with Gasteiger partial charge >= 0.3 is 6.36 Å². The van der Waals surface area contributed by atoms with E-state index < -0.39 is 29.6 Å². The molecule has 3 amide bonds. The summed E-state index contributed by atoms with van der Waals surface area (Å²) in [4.78, 5) is 41.4. The number of fused-ring (bicyclic) bond motifs is 3. The van der Waals surface area contributed by atoms with E-state index in [0.29, 0.717) is 11.3 Å². The Balaban J connectivity index is 1.66. The fraction of sp³-hybridized carbons (Fsp3) is 0.250. The zero-order valence-electron chi connectivity index (χ0n) is 15.7. The SMILES string of the molecule is CN1C(=O)c2ccccc2N2C(=O)CCC12C(=O)Nc1ccc(OC(F)(F)F)cc1. The molecule has 30 heavy (non-hydrogen) atoms. The fourth-order valence-electron chi connectivity index (χ4n) is 3.90. The zero-order valence-corrected chi connectivity index (χ0v) is 15.7. The van der Waals surface area contributed by atoms with Crippen molar-refractivity contribution in [3.63, 3.8) is 0 Å². The molecule has 7 nitrogen and oxygen atoms in total. The molecular formula is C20H16F3N3O4. The first-order valence-electron chi connectivity index (χ1n) is 9.01. The van der Waals surface area contributed by atoms with Crippen LogP contribution in [0.2, 0.25) is 0 Å². The molecule has 10 heteroatoms. The third kappa shape index (κ3) is 3.04. The van der Waals surface area contributed by atoms with E-state index in [1.807, 2.05) is 0 Å². The van der Waals surface area contributed by atoms with Gasteiger partial charge < -0.3 is 15.0 Å². The van der Waals surface area contributed by atoms with Gasteiger partial charge in [-0.2, -0.15) is 0 Å². The standard InChI is InChI=1S/C20H16F3N3O4/c1-25-17(28)14-4-2-3-5-15(14)26-16(27)10-11-19(25,26)18(29)24-12-6-8-13(9-7-12)30-20(21,22)23/h2-9H,10-11H2,1H3,(H,24,29). The van der Waals surface area contributed by atoms with Crippen LogP contribution >= 0.6 is 0 Å². The largest absolute Gasteiger partial charge is 0.573 e. The molecule has 1 N–H and O–H groups in total. The number of carbonyl (C=O) groups excluding carboxylic acids is 3. The zero-order chi connectivity index (χ0) is 21.7. The van der Waals surface area contributed by atoms with Crippen molar-refractivity contribution >= 4 is 29.1 Å². The summed E-state index contributed by atoms with van der Waals surface area (Å²) in [7, 11) is 1.45. The van der Waals surface area contributed by atoms with Gasteiger partial charge in [0, 0.05) is 25.6 Å². The van der Waals surface area contributed by atoms with E-state index in [0.717, 1.165) is 12.1 Å². The molecule has 0 spiro atoms. The highest BCUT2D eigenvalue weighted by Gasteiger charge is 2.59. The molecule has 1 unspecified atom stereocenters. The highest BCUT2D eigenvalue weighted by Crippen LogP contribution is 2.44. The van der Waals surface area contributed by atoms with Gasteiger partial charge in [-0.15, -0.1) is 13.2 Å². The normalized spacial score (nSPS) is 20.7. The number of alkyl halides is 3. The quantitative estimate of drug-likeness (QED) is 0.829. The van der Waals surface area contributed by atoms with E-state index in [2.05, 4.69) is 10.1 Å². The van der Waals surface area contributed by atoms with Crippen LogP contribution in [0.4, 0.5) is 24.5 Å². The minimum Gasteiger partial charge on any atom is -0.406 e. The van der Waals surface area contributed by atoms with Crippen LogP contribution < -0.4 is 15.0 Å². The molecule has 1 saturated heterocycles. The van der Waals surface area contributed by atoms with Crippen LogP contribution in [0.25, 0.3) is 0 Å². The van der Waals surface area contributed by atoms with E-state index in [-0.39, 0.29) is 24.4 Å². The molecule has 2 aromatic rings. The van der Waals surface area contributed by atoms with Gasteiger partial charge in [0.25, 0.3) is 11.8 Å². The molecule has 2 aliphatic rings. The summed E-state index contributed by atoms with van der Waals surface area (Å²) in [6, 6.07) is 11.1. The second-order valence-electron chi connectivity index (χ2n) is 6.95. The van der Waals surface area contributed by atoms with Gasteiger partial charge in [0.1, 0.15) is 5.75 Å². The number of nitrogens with one attached hydrogen (secondary N) is 1. The number of nitrogens with zero attached hydrogens (tertiary/aromatic N) is 2. The maximum Gasteiger partial charge on any atom is 0.573 e. The number of halogens is 3. The average molecular weight is 419 g/mol. The molecule has 0 bridgehead atoms. The lowest BCUT2D eigenvalue weighted by atomic mass is 9.96. The molecule has 2 aliphatic heterocycles. The molecule has 0 radical (unpaired) electrons. The highest BCUT2D eigenvalue weighted by atomic mass is 19.4. The first-order valence-corrected chi connectivity index (χ1v) is 9.01. The minimum absolute atomic E-state index is 0.0672. The van der Waals surface area contributed by atoms with E-state index in [4.69, 9.17) is 0 Å². The van der Waals surface area contributed by atoms with Gasteiger partial charge in [-0.1, -0.05) is 12.1 Å². The maximum absolute atomic E-state index is 13.3. The number of hydrogen-bond acceptors (Lipinski definition) is 4. The summed E-state index contributed by atoms with van der Waals surface area (Å²) in [6.45, 7) is 0. The van der Waals surface area contributed by atoms with Crippen LogP contribution in [0.5, 0.6) is 5.75 Å². The minimum atomic E-state index is -4.83. The van der Waals surface area contributed by atoms with Crippen LogP contribution in [0, 0.1) is 0 Å². The number of hydrogen-bond donors (Lipinski definition) is 1. The number of likely N-dealkylation sites (N-methyl/N-ethyl adjacent to an activating group) is 1. The van der Waals surface area contributed by atoms with E-state index in [1.165, 1.54) is 29.0 Å². The van der Waals surface area contributed by atoms with Crippen LogP contribution in [0.1, 0.15) is 23.2 Å². The lowest BCUT2D eigenvalue weighted by molar-refractivity contribution is -0.274. The van der Waals surface area contributed by atoms with Crippen LogP contribution in [0.15, 0.2) is 48.5 Å². The molecule has 1 fully saturated rings. The number of anilines is 2. The summed E-state index contributed by atoms with van der Waals surface area (Å²) in [5.41, 5.74) is -0.702. The molecule has 156 valence electrons. The van der Waals surface area contributed by atoms with Crippen molar-refractivity contribution in [3.05, 3.63) is 54.1 Å². The van der Waals surface area contributed by atoms with Crippen molar-refractivity contribution in [1.82, 2.24) is 4.90 Å². The predicted octanol–water partition coefficient (Wildman–Crippen LogP) is 3.13. The molecule has 2 aromatic carbocycles. The number of para-hydroxylation sites is 1. The smallest absolute Gasteiger partial charge is 0.406 e. The van der Waals surface area contributed by atoms with Crippen molar-refractivity contribution < 1.29 is 32.3 Å². The fourth-order valence-corrected chi connectivity index (χ4v) is 3.90. The highest BCUT2D eigenvalue weighted by molar-refractivity contribution is 6.18. The molecule has 4 rings (SSSR count). The van der Waals surface area contributed by atoms with Gasteiger partial charge in [-0.3, -0.25) is 19.3 Å². The number of amides is 3. The Morgan fingerprint density at radius 3 is 2.43 bits per heavy atom. The lowest BCUT2D eigenvalue weighted by Crippen LogP contribution is -2.68. The maximum atomic E-state index is 13.3. The molecule has 2 heterocycles. The van der Waals surface area contributed by atoms with E-state index in [1.54, 1.807) is 24.3 Å². The number of carbonyl (C=O) groups is 3. The van der Waals surface area contributed by atoms with Crippen molar-refractivity contribution in [2.75, 3.05) is 17.3 Å². The Morgan fingerprint density at radius 1 is 1.10 bits per heavy atom. The second-order valence-corrected chi connectivity index (χ2v) is 6.95. The van der Waals surface area contributed by atoms with Crippen molar-refractivity contribution in [2.24, 2.45) is 0 Å². The Hall–Kier alpha value is -3.56. The van der Waals surface area contributed by atoms with E-state index >= 15 is 0 Å². The summed E-state index contributed by atoms with van der Waals surface area (Å²) >= 11 is 0. The molecule has 0 saturated carbocycles. The molecule has 0 aromatic heterocycles. The first kappa shape index (κ1) is 19.7. The predicted molar refractivity (Wildman–Crippen MR) is 99.7 cm³/mol. The Kier molecular flexibility index (Phi) is 4.44. The Bertz CT molecular complexity index is 1040.